The second-order valence-corrected chi connectivity index (χ2v) is 17.6. The van der Waals surface area contributed by atoms with Crippen molar-refractivity contribution >= 4 is 25.7 Å². The predicted molar refractivity (Wildman–Crippen MR) is 279 cm³/mol. The SMILES string of the molecule is CC/C=C\C/C=C\C/C=C\C/C=C\CCCCC(=O)OC(COC(=O)CCCCC/C=C\C/C=C\C/C=C\CC)COP(=O)(O)OCC(CO)OC(=O)CCCCC/C=C\C/C=C\C/C=C\CC. The lowest BCUT2D eigenvalue weighted by Gasteiger charge is -2.21. The zero-order chi connectivity index (χ0) is 49.9. The Labute approximate surface area is 411 Å². The third kappa shape index (κ3) is 47.0. The maximum absolute atomic E-state index is 12.8. The molecule has 68 heavy (non-hydrogen) atoms. The second kappa shape index (κ2) is 49.3. The number of hydrogen-bond donors (Lipinski definition) is 2. The van der Waals surface area contributed by atoms with Crippen LogP contribution in [0.2, 0.25) is 0 Å². The van der Waals surface area contributed by atoms with Crippen molar-refractivity contribution in [1.29, 1.82) is 0 Å². The van der Waals surface area contributed by atoms with Gasteiger partial charge >= 0.3 is 25.7 Å². The van der Waals surface area contributed by atoms with Gasteiger partial charge in [-0.2, -0.15) is 0 Å². The largest absolute Gasteiger partial charge is 0.472 e. The number of carbonyl (C=O) groups is 3. The Hall–Kier alpha value is -4.12. The fraction of sp³-hybridized carbons (Fsp3) is 0.589. The van der Waals surface area contributed by atoms with E-state index in [4.69, 9.17) is 23.3 Å². The Morgan fingerprint density at radius 3 is 1.10 bits per heavy atom. The van der Waals surface area contributed by atoms with Gasteiger partial charge < -0.3 is 24.2 Å². The smallest absolute Gasteiger partial charge is 0.462 e. The molecule has 2 N–H and O–H groups in total. The molecule has 0 aliphatic carbocycles. The Balaban J connectivity index is 4.90. The molecular formula is C56H89O11P. The van der Waals surface area contributed by atoms with Gasteiger partial charge in [-0.15, -0.1) is 0 Å². The number of hydrogen-bond acceptors (Lipinski definition) is 10. The number of unbranched alkanes of at least 4 members (excludes halogenated alkanes) is 8. The molecule has 12 heteroatoms. The average Bonchev–Trinajstić information content (AvgIpc) is 3.32. The summed E-state index contributed by atoms with van der Waals surface area (Å²) >= 11 is 0. The van der Waals surface area contributed by atoms with E-state index in [2.05, 4.69) is 142 Å². The number of aliphatic hydroxyl groups excluding tert-OH is 1. The van der Waals surface area contributed by atoms with Gasteiger partial charge in [-0.3, -0.25) is 23.4 Å². The van der Waals surface area contributed by atoms with E-state index in [-0.39, 0.29) is 25.9 Å². The average molecular weight is 969 g/mol. The summed E-state index contributed by atoms with van der Waals surface area (Å²) in [5, 5.41) is 9.76. The van der Waals surface area contributed by atoms with Crippen molar-refractivity contribution in [2.45, 2.75) is 187 Å². The highest BCUT2D eigenvalue weighted by Gasteiger charge is 2.28. The molecule has 0 saturated heterocycles. The van der Waals surface area contributed by atoms with Crippen molar-refractivity contribution in [3.63, 3.8) is 0 Å². The van der Waals surface area contributed by atoms with Crippen LogP contribution in [-0.4, -0.2) is 66.5 Å². The van der Waals surface area contributed by atoms with E-state index in [0.717, 1.165) is 116 Å². The molecule has 0 fully saturated rings. The normalized spacial score (nSPS) is 14.5. The maximum Gasteiger partial charge on any atom is 0.472 e. The van der Waals surface area contributed by atoms with E-state index >= 15 is 0 Å². The first-order chi connectivity index (χ1) is 33.2. The monoisotopic (exact) mass is 969 g/mol. The first-order valence-electron chi connectivity index (χ1n) is 25.4. The van der Waals surface area contributed by atoms with E-state index in [0.29, 0.717) is 19.3 Å². The van der Waals surface area contributed by atoms with E-state index < -0.39 is 57.8 Å². The van der Waals surface area contributed by atoms with Crippen LogP contribution in [0.3, 0.4) is 0 Å². The van der Waals surface area contributed by atoms with Gasteiger partial charge in [0, 0.05) is 19.3 Å². The molecule has 0 radical (unpaired) electrons. The van der Waals surface area contributed by atoms with Crippen LogP contribution in [0, 0.1) is 0 Å². The molecule has 0 spiro atoms. The number of ether oxygens (including phenoxy) is 3. The van der Waals surface area contributed by atoms with E-state index in [9.17, 15) is 28.9 Å². The van der Waals surface area contributed by atoms with Gasteiger partial charge in [0.15, 0.2) is 6.10 Å². The van der Waals surface area contributed by atoms with Crippen molar-refractivity contribution in [2.75, 3.05) is 26.4 Å². The summed E-state index contributed by atoms with van der Waals surface area (Å²) in [5.74, 6) is -1.60. The molecular weight excluding hydrogens is 880 g/mol. The molecule has 0 amide bonds. The molecule has 3 unspecified atom stereocenters. The fourth-order valence-electron chi connectivity index (χ4n) is 6.08. The van der Waals surface area contributed by atoms with E-state index in [1.807, 2.05) is 0 Å². The van der Waals surface area contributed by atoms with Crippen molar-refractivity contribution in [3.05, 3.63) is 122 Å². The van der Waals surface area contributed by atoms with Crippen LogP contribution in [0.15, 0.2) is 122 Å². The molecule has 0 saturated carbocycles. The summed E-state index contributed by atoms with van der Waals surface area (Å²) < 4.78 is 39.2. The van der Waals surface area contributed by atoms with Crippen molar-refractivity contribution in [2.24, 2.45) is 0 Å². The second-order valence-electron chi connectivity index (χ2n) is 16.2. The minimum Gasteiger partial charge on any atom is -0.462 e. The van der Waals surface area contributed by atoms with Crippen LogP contribution in [0.25, 0.3) is 0 Å². The van der Waals surface area contributed by atoms with Gasteiger partial charge in [0.2, 0.25) is 0 Å². The first kappa shape index (κ1) is 63.9. The number of aliphatic hydroxyl groups is 1. The Morgan fingerprint density at radius 2 is 0.721 bits per heavy atom. The molecule has 0 aromatic rings. The number of esters is 3. The standard InChI is InChI=1S/C56H89O11P/c1-4-7-10-13-16-19-22-25-26-29-32-35-38-41-44-47-56(60)67-53(49-63-54(58)45-42-39-36-33-30-27-23-20-17-14-11-8-5-2)51-65-68(61,62)64-50-52(48-57)66-55(59)46-43-40-37-34-31-28-24-21-18-15-12-9-6-3/h7-12,16-21,25-28,30-32,35,52-53,57H,4-6,13-15,22-24,29,33-34,36-51H2,1-3H3,(H,61,62)/b10-7-,11-8-,12-9-,19-16-,20-17-,21-18-,26-25-,30-27-,31-28-,35-32-. The highest BCUT2D eigenvalue weighted by atomic mass is 31.2. The molecule has 0 aliphatic rings. The molecule has 0 heterocycles. The van der Waals surface area contributed by atoms with E-state index in [1.165, 1.54) is 0 Å². The first-order valence-corrected chi connectivity index (χ1v) is 26.9. The molecule has 384 valence electrons. The summed E-state index contributed by atoms with van der Waals surface area (Å²) in [6.07, 6.45) is 59.0. The number of phosphoric acid groups is 1. The minimum atomic E-state index is -4.77. The highest BCUT2D eigenvalue weighted by molar-refractivity contribution is 7.47. The predicted octanol–water partition coefficient (Wildman–Crippen LogP) is 14.5. The van der Waals surface area contributed by atoms with Gasteiger partial charge in [-0.05, 0) is 122 Å². The zero-order valence-electron chi connectivity index (χ0n) is 42.0. The third-order valence-corrected chi connectivity index (χ3v) is 10.8. The van der Waals surface area contributed by atoms with Gasteiger partial charge in [-0.1, -0.05) is 155 Å². The Kier molecular flexibility index (Phi) is 46.3. The number of phosphoric ester groups is 1. The molecule has 0 aliphatic heterocycles. The third-order valence-electron chi connectivity index (χ3n) is 9.86. The fourth-order valence-corrected chi connectivity index (χ4v) is 6.86. The maximum atomic E-state index is 12.8. The summed E-state index contributed by atoms with van der Waals surface area (Å²) in [6, 6.07) is 0. The van der Waals surface area contributed by atoms with Crippen LogP contribution < -0.4 is 0 Å². The van der Waals surface area contributed by atoms with Crippen LogP contribution >= 0.6 is 7.82 Å². The van der Waals surface area contributed by atoms with Crippen molar-refractivity contribution in [3.8, 4) is 0 Å². The van der Waals surface area contributed by atoms with Gasteiger partial charge in [0.1, 0.15) is 12.7 Å². The Bertz CT molecular complexity index is 1600. The van der Waals surface area contributed by atoms with Crippen LogP contribution in [-0.2, 0) is 42.2 Å². The highest BCUT2D eigenvalue weighted by Crippen LogP contribution is 2.43. The number of rotatable bonds is 45. The summed E-state index contributed by atoms with van der Waals surface area (Å²) in [5.41, 5.74) is 0. The van der Waals surface area contributed by atoms with Gasteiger partial charge in [0.05, 0.1) is 19.8 Å². The topological polar surface area (TPSA) is 155 Å². The van der Waals surface area contributed by atoms with Crippen LogP contribution in [0.5, 0.6) is 0 Å². The number of allylic oxidation sites excluding steroid dienone is 20. The lowest BCUT2D eigenvalue weighted by Crippen LogP contribution is -2.30. The summed E-state index contributed by atoms with van der Waals surface area (Å²) in [7, 11) is -4.77. The molecule has 0 bridgehead atoms. The Morgan fingerprint density at radius 1 is 0.412 bits per heavy atom. The number of carbonyl (C=O) groups excluding carboxylic acids is 3. The quantitative estimate of drug-likeness (QED) is 0.0197. The molecule has 0 aromatic carbocycles. The van der Waals surface area contributed by atoms with E-state index in [1.54, 1.807) is 0 Å². The van der Waals surface area contributed by atoms with Gasteiger partial charge in [0.25, 0.3) is 0 Å². The zero-order valence-corrected chi connectivity index (χ0v) is 42.9. The molecule has 0 rings (SSSR count). The van der Waals surface area contributed by atoms with Gasteiger partial charge in [-0.25, -0.2) is 4.57 Å². The lowest BCUT2D eigenvalue weighted by atomic mass is 10.1. The van der Waals surface area contributed by atoms with Crippen molar-refractivity contribution in [1.82, 2.24) is 0 Å². The van der Waals surface area contributed by atoms with Crippen LogP contribution in [0.1, 0.15) is 175 Å². The van der Waals surface area contributed by atoms with Crippen LogP contribution in [0.4, 0.5) is 0 Å². The summed E-state index contributed by atoms with van der Waals surface area (Å²) in [6.45, 7) is 4.13. The molecule has 0 aromatic heterocycles. The minimum absolute atomic E-state index is 0.0995. The molecule has 11 nitrogen and oxygen atoms in total. The lowest BCUT2D eigenvalue weighted by molar-refractivity contribution is -0.161. The molecule has 3 atom stereocenters. The summed E-state index contributed by atoms with van der Waals surface area (Å²) in [4.78, 5) is 48.3. The van der Waals surface area contributed by atoms with Crippen molar-refractivity contribution < 1.29 is 52.2 Å².